The molecule has 0 aliphatic carbocycles. The Balaban J connectivity index is 2.40. The number of rotatable bonds is 4. The molecule has 2 N–H and O–H groups in total. The quantitative estimate of drug-likeness (QED) is 0.902. The van der Waals surface area contributed by atoms with E-state index in [9.17, 15) is 8.42 Å². The standard InChI is InChI=1S/C13H18Cl2N2O3S/c1-13(7-16)3-4-17(8-13)21(18,19)12-6-9(14)11(20-2)5-10(12)15/h5-6H,3-4,7-8,16H2,1-2H3. The van der Waals surface area contributed by atoms with Gasteiger partial charge in [0.2, 0.25) is 10.0 Å². The van der Waals surface area contributed by atoms with Crippen LogP contribution in [-0.4, -0.2) is 39.5 Å². The van der Waals surface area contributed by atoms with Gasteiger partial charge in [0.05, 0.1) is 17.2 Å². The van der Waals surface area contributed by atoms with E-state index < -0.39 is 10.0 Å². The van der Waals surface area contributed by atoms with Gasteiger partial charge >= 0.3 is 0 Å². The van der Waals surface area contributed by atoms with Crippen molar-refractivity contribution >= 4 is 33.2 Å². The highest BCUT2D eigenvalue weighted by Gasteiger charge is 2.39. The first kappa shape index (κ1) is 16.8. The number of sulfonamides is 1. The lowest BCUT2D eigenvalue weighted by Gasteiger charge is -2.23. The van der Waals surface area contributed by atoms with Crippen molar-refractivity contribution in [3.8, 4) is 5.75 Å². The van der Waals surface area contributed by atoms with E-state index in [1.54, 1.807) is 0 Å². The molecular weight excluding hydrogens is 335 g/mol. The largest absolute Gasteiger partial charge is 0.495 e. The molecule has 0 aromatic heterocycles. The smallest absolute Gasteiger partial charge is 0.244 e. The minimum absolute atomic E-state index is 0.00348. The summed E-state index contributed by atoms with van der Waals surface area (Å²) in [6, 6.07) is 2.74. The van der Waals surface area contributed by atoms with Crippen LogP contribution in [0.2, 0.25) is 10.0 Å². The number of nitrogens with zero attached hydrogens (tertiary/aromatic N) is 1. The van der Waals surface area contributed by atoms with E-state index in [2.05, 4.69) is 0 Å². The van der Waals surface area contributed by atoms with Gasteiger partial charge in [-0.05, 0) is 24.4 Å². The summed E-state index contributed by atoms with van der Waals surface area (Å²) < 4.78 is 31.9. The number of methoxy groups -OCH3 is 1. The third kappa shape index (κ3) is 3.14. The van der Waals surface area contributed by atoms with Crippen LogP contribution >= 0.6 is 23.2 Å². The van der Waals surface area contributed by atoms with Gasteiger partial charge in [0.1, 0.15) is 10.6 Å². The molecule has 1 fully saturated rings. The van der Waals surface area contributed by atoms with E-state index in [1.807, 2.05) is 6.92 Å². The van der Waals surface area contributed by atoms with E-state index in [0.29, 0.717) is 25.4 Å². The van der Waals surface area contributed by atoms with Crippen molar-refractivity contribution in [3.05, 3.63) is 22.2 Å². The van der Waals surface area contributed by atoms with E-state index in [1.165, 1.54) is 23.5 Å². The van der Waals surface area contributed by atoms with Gasteiger partial charge in [-0.1, -0.05) is 30.1 Å². The van der Waals surface area contributed by atoms with Gasteiger partial charge in [-0.25, -0.2) is 8.42 Å². The van der Waals surface area contributed by atoms with Crippen LogP contribution in [0.15, 0.2) is 17.0 Å². The van der Waals surface area contributed by atoms with E-state index in [4.69, 9.17) is 33.7 Å². The minimum atomic E-state index is -3.69. The molecule has 8 heteroatoms. The van der Waals surface area contributed by atoms with Crippen molar-refractivity contribution in [2.45, 2.75) is 18.2 Å². The molecule has 0 radical (unpaired) electrons. The molecule has 1 unspecified atom stereocenters. The summed E-state index contributed by atoms with van der Waals surface area (Å²) in [6.07, 6.45) is 0.726. The minimum Gasteiger partial charge on any atom is -0.495 e. The summed E-state index contributed by atoms with van der Waals surface area (Å²) in [5.74, 6) is 0.342. The predicted molar refractivity (Wildman–Crippen MR) is 83.6 cm³/mol. The maximum Gasteiger partial charge on any atom is 0.244 e. The van der Waals surface area contributed by atoms with Crippen LogP contribution in [0.3, 0.4) is 0 Å². The second-order valence-electron chi connectivity index (χ2n) is 5.52. The van der Waals surface area contributed by atoms with Gasteiger partial charge in [0, 0.05) is 19.2 Å². The molecular formula is C13H18Cl2N2O3S. The number of benzene rings is 1. The predicted octanol–water partition coefficient (Wildman–Crippen LogP) is 2.36. The van der Waals surface area contributed by atoms with E-state index >= 15 is 0 Å². The van der Waals surface area contributed by atoms with Crippen LogP contribution < -0.4 is 10.5 Å². The third-order valence-corrected chi connectivity index (χ3v) is 6.45. The Bertz CT molecular complexity index is 651. The average Bonchev–Trinajstić information content (AvgIpc) is 2.85. The molecule has 0 bridgehead atoms. The fraction of sp³-hybridized carbons (Fsp3) is 0.538. The molecule has 0 spiro atoms. The second-order valence-corrected chi connectivity index (χ2v) is 8.24. The van der Waals surface area contributed by atoms with Gasteiger partial charge in [-0.15, -0.1) is 0 Å². The zero-order valence-electron chi connectivity index (χ0n) is 11.9. The molecule has 1 aromatic carbocycles. The Kier molecular flexibility index (Phi) is 4.75. The summed E-state index contributed by atoms with van der Waals surface area (Å²) in [5.41, 5.74) is 5.52. The molecule has 1 atom stereocenters. The first-order valence-electron chi connectivity index (χ1n) is 6.47. The molecule has 1 saturated heterocycles. The zero-order valence-corrected chi connectivity index (χ0v) is 14.2. The van der Waals surface area contributed by atoms with Gasteiger partial charge in [0.15, 0.2) is 0 Å². The number of nitrogens with two attached hydrogens (primary N) is 1. The highest BCUT2D eigenvalue weighted by molar-refractivity contribution is 7.89. The van der Waals surface area contributed by atoms with Gasteiger partial charge in [-0.3, -0.25) is 0 Å². The summed E-state index contributed by atoms with van der Waals surface area (Å²) >= 11 is 12.1. The van der Waals surface area contributed by atoms with Crippen molar-refractivity contribution < 1.29 is 13.2 Å². The molecule has 5 nitrogen and oxygen atoms in total. The summed E-state index contributed by atoms with van der Waals surface area (Å²) in [6.45, 7) is 3.23. The molecule has 2 rings (SSSR count). The first-order chi connectivity index (χ1) is 9.73. The van der Waals surface area contributed by atoms with Crippen LogP contribution in [-0.2, 0) is 10.0 Å². The van der Waals surface area contributed by atoms with Gasteiger partial charge in [0.25, 0.3) is 0 Å². The fourth-order valence-corrected chi connectivity index (χ4v) is 4.77. The fourth-order valence-electron chi connectivity index (χ4n) is 2.35. The molecule has 0 amide bonds. The lowest BCUT2D eigenvalue weighted by molar-refractivity contribution is 0.349. The van der Waals surface area contributed by atoms with Crippen molar-refractivity contribution in [1.29, 1.82) is 0 Å². The Morgan fingerprint density at radius 3 is 2.57 bits per heavy atom. The third-order valence-electron chi connectivity index (χ3n) is 3.84. The summed E-state index contributed by atoms with van der Waals surface area (Å²) in [5, 5.41) is 0.305. The van der Waals surface area contributed by atoms with E-state index in [-0.39, 0.29) is 20.4 Å². The maximum absolute atomic E-state index is 12.7. The summed E-state index contributed by atoms with van der Waals surface area (Å²) in [7, 11) is -2.25. The van der Waals surface area contributed by atoms with Crippen molar-refractivity contribution in [1.82, 2.24) is 4.31 Å². The Labute approximate surface area is 135 Å². The summed E-state index contributed by atoms with van der Waals surface area (Å²) in [4.78, 5) is -0.00348. The van der Waals surface area contributed by atoms with Crippen LogP contribution in [0.1, 0.15) is 13.3 Å². The molecule has 21 heavy (non-hydrogen) atoms. The molecule has 1 aromatic rings. The zero-order chi connectivity index (χ0) is 15.8. The van der Waals surface area contributed by atoms with E-state index in [0.717, 1.165) is 6.42 Å². The second kappa shape index (κ2) is 5.93. The normalized spacial score (nSPS) is 23.5. The Morgan fingerprint density at radius 1 is 1.38 bits per heavy atom. The van der Waals surface area contributed by atoms with Gasteiger partial charge < -0.3 is 10.5 Å². The molecule has 0 saturated carbocycles. The molecule has 1 aliphatic rings. The monoisotopic (exact) mass is 352 g/mol. The van der Waals surface area contributed by atoms with Crippen LogP contribution in [0.25, 0.3) is 0 Å². The number of ether oxygens (including phenoxy) is 1. The van der Waals surface area contributed by atoms with Crippen LogP contribution in [0.4, 0.5) is 0 Å². The lowest BCUT2D eigenvalue weighted by atomic mass is 9.90. The Morgan fingerprint density at radius 2 is 2.05 bits per heavy atom. The van der Waals surface area contributed by atoms with Gasteiger partial charge in [-0.2, -0.15) is 4.31 Å². The maximum atomic E-state index is 12.7. The number of halogens is 2. The SMILES string of the molecule is COc1cc(Cl)c(S(=O)(=O)N2CCC(C)(CN)C2)cc1Cl. The molecule has 118 valence electrons. The van der Waals surface area contributed by atoms with Crippen LogP contribution in [0.5, 0.6) is 5.75 Å². The van der Waals surface area contributed by atoms with Crippen LogP contribution in [0, 0.1) is 5.41 Å². The topological polar surface area (TPSA) is 72.6 Å². The molecule has 1 heterocycles. The Hall–Kier alpha value is -0.530. The number of hydrogen-bond donors (Lipinski definition) is 1. The van der Waals surface area contributed by atoms with Crippen molar-refractivity contribution in [2.75, 3.05) is 26.7 Å². The highest BCUT2D eigenvalue weighted by atomic mass is 35.5. The lowest BCUT2D eigenvalue weighted by Crippen LogP contribution is -2.34. The average molecular weight is 353 g/mol. The van der Waals surface area contributed by atoms with Crippen molar-refractivity contribution in [2.24, 2.45) is 11.1 Å². The highest BCUT2D eigenvalue weighted by Crippen LogP contribution is 2.38. The van der Waals surface area contributed by atoms with Crippen molar-refractivity contribution in [3.63, 3.8) is 0 Å². The first-order valence-corrected chi connectivity index (χ1v) is 8.66. The number of hydrogen-bond acceptors (Lipinski definition) is 4. The molecule has 1 aliphatic heterocycles.